The molecule has 3 aromatic rings. The van der Waals surface area contributed by atoms with Gasteiger partial charge in [0.2, 0.25) is 0 Å². The zero-order valence-corrected chi connectivity index (χ0v) is 12.4. The lowest BCUT2D eigenvalue weighted by molar-refractivity contribution is -0.124. The van der Waals surface area contributed by atoms with Crippen LogP contribution >= 0.6 is 0 Å². The number of aliphatic hydroxyl groups is 1. The summed E-state index contributed by atoms with van der Waals surface area (Å²) in [6.07, 6.45) is 2.29. The highest BCUT2D eigenvalue weighted by Crippen LogP contribution is 2.21. The molecule has 3 rings (SSSR count). The lowest BCUT2D eigenvalue weighted by Crippen LogP contribution is -2.20. The van der Waals surface area contributed by atoms with Crippen molar-refractivity contribution < 1.29 is 9.90 Å². The second kappa shape index (κ2) is 6.85. The molecule has 2 N–H and O–H groups in total. The minimum Gasteiger partial charge on any atom is -0.378 e. The second-order valence-electron chi connectivity index (χ2n) is 5.12. The molecule has 0 bridgehead atoms. The quantitative estimate of drug-likeness (QED) is 0.776. The van der Waals surface area contributed by atoms with Gasteiger partial charge in [0.25, 0.3) is 5.91 Å². The van der Waals surface area contributed by atoms with Gasteiger partial charge in [0.1, 0.15) is 0 Å². The van der Waals surface area contributed by atoms with E-state index in [-0.39, 0.29) is 0 Å². The number of amides is 1. The third-order valence-corrected chi connectivity index (χ3v) is 3.53. The summed E-state index contributed by atoms with van der Waals surface area (Å²) >= 11 is 0. The van der Waals surface area contributed by atoms with Crippen molar-refractivity contribution in [3.8, 4) is 11.1 Å². The average Bonchev–Trinajstić information content (AvgIpc) is 2.63. The molecule has 0 aliphatic rings. The van der Waals surface area contributed by atoms with Gasteiger partial charge in [-0.1, -0.05) is 42.5 Å². The molecular formula is C19H16N2O2. The van der Waals surface area contributed by atoms with Gasteiger partial charge in [-0.05, 0) is 41.0 Å². The summed E-state index contributed by atoms with van der Waals surface area (Å²) in [5, 5.41) is 12.8. The van der Waals surface area contributed by atoms with Crippen LogP contribution in [0.25, 0.3) is 11.1 Å². The topological polar surface area (TPSA) is 62.2 Å². The highest BCUT2D eigenvalue weighted by Gasteiger charge is 2.16. The molecule has 23 heavy (non-hydrogen) atoms. The predicted octanol–water partition coefficient (Wildman–Crippen LogP) is 3.42. The lowest BCUT2D eigenvalue weighted by atomic mass is 10.1. The molecule has 0 saturated heterocycles. The van der Waals surface area contributed by atoms with E-state index in [1.165, 1.54) is 0 Å². The third-order valence-electron chi connectivity index (χ3n) is 3.53. The number of benzene rings is 2. The molecule has 0 radical (unpaired) electrons. The van der Waals surface area contributed by atoms with Gasteiger partial charge in [-0.15, -0.1) is 0 Å². The van der Waals surface area contributed by atoms with Crippen molar-refractivity contribution in [2.24, 2.45) is 0 Å². The Labute approximate surface area is 134 Å². The Balaban J connectivity index is 1.70. The third kappa shape index (κ3) is 3.62. The maximum absolute atomic E-state index is 12.1. The van der Waals surface area contributed by atoms with Gasteiger partial charge in [-0.25, -0.2) is 0 Å². The highest BCUT2D eigenvalue weighted by molar-refractivity contribution is 5.94. The van der Waals surface area contributed by atoms with Gasteiger partial charge in [0.15, 0.2) is 6.10 Å². The van der Waals surface area contributed by atoms with Gasteiger partial charge in [0, 0.05) is 18.1 Å². The van der Waals surface area contributed by atoms with Crippen LogP contribution in [0.4, 0.5) is 5.69 Å². The van der Waals surface area contributed by atoms with Crippen LogP contribution in [0, 0.1) is 0 Å². The monoisotopic (exact) mass is 304 g/mol. The van der Waals surface area contributed by atoms with Crippen molar-refractivity contribution in [3.05, 3.63) is 84.7 Å². The molecule has 0 aliphatic heterocycles. The van der Waals surface area contributed by atoms with Crippen LogP contribution in [0.15, 0.2) is 79.1 Å². The first-order valence-corrected chi connectivity index (χ1v) is 7.28. The van der Waals surface area contributed by atoms with E-state index in [4.69, 9.17) is 0 Å². The zero-order valence-electron chi connectivity index (χ0n) is 12.4. The fraction of sp³-hybridized carbons (Fsp3) is 0.0526. The van der Waals surface area contributed by atoms with Gasteiger partial charge < -0.3 is 10.4 Å². The van der Waals surface area contributed by atoms with Crippen molar-refractivity contribution in [3.63, 3.8) is 0 Å². The van der Waals surface area contributed by atoms with Crippen molar-refractivity contribution >= 4 is 11.6 Å². The number of carbonyl (C=O) groups is 1. The average molecular weight is 304 g/mol. The number of nitrogens with one attached hydrogen (secondary N) is 1. The normalized spacial score (nSPS) is 11.7. The van der Waals surface area contributed by atoms with Gasteiger partial charge in [-0.2, -0.15) is 0 Å². The Kier molecular flexibility index (Phi) is 4.45. The van der Waals surface area contributed by atoms with E-state index in [0.29, 0.717) is 11.3 Å². The zero-order chi connectivity index (χ0) is 16.1. The van der Waals surface area contributed by atoms with E-state index in [2.05, 4.69) is 10.3 Å². The first kappa shape index (κ1) is 14.9. The molecule has 114 valence electrons. The number of nitrogens with zero attached hydrogens (tertiary/aromatic N) is 1. The maximum Gasteiger partial charge on any atom is 0.257 e. The molecule has 0 aliphatic carbocycles. The molecule has 1 heterocycles. The number of aromatic nitrogens is 1. The summed E-state index contributed by atoms with van der Waals surface area (Å²) in [5.74, 6) is -0.451. The van der Waals surface area contributed by atoms with Crippen LogP contribution < -0.4 is 5.32 Å². The summed E-state index contributed by atoms with van der Waals surface area (Å²) in [4.78, 5) is 16.1. The maximum atomic E-state index is 12.1. The summed E-state index contributed by atoms with van der Waals surface area (Å²) in [6.45, 7) is 0. The molecule has 1 atom stereocenters. The standard InChI is InChI=1S/C19H16N2O2/c22-18(16-4-2-1-3-5-16)19(23)21-17-8-6-14(7-9-17)15-10-12-20-13-11-15/h1-13,18,22H,(H,21,23). The van der Waals surface area contributed by atoms with E-state index in [1.807, 2.05) is 42.5 Å². The van der Waals surface area contributed by atoms with Crippen LogP contribution in [-0.2, 0) is 4.79 Å². The van der Waals surface area contributed by atoms with Crippen LogP contribution in [0.5, 0.6) is 0 Å². The van der Waals surface area contributed by atoms with Crippen molar-refractivity contribution in [2.45, 2.75) is 6.10 Å². The van der Waals surface area contributed by atoms with Gasteiger partial charge >= 0.3 is 0 Å². The lowest BCUT2D eigenvalue weighted by Gasteiger charge is -2.12. The van der Waals surface area contributed by atoms with Crippen molar-refractivity contribution in [1.82, 2.24) is 4.98 Å². The number of pyridine rings is 1. The summed E-state index contributed by atoms with van der Waals surface area (Å²) in [6, 6.07) is 20.2. The van der Waals surface area contributed by atoms with E-state index >= 15 is 0 Å². The Morgan fingerprint density at radius 3 is 2.13 bits per heavy atom. The fourth-order valence-corrected chi connectivity index (χ4v) is 2.29. The molecule has 1 amide bonds. The molecule has 0 saturated carbocycles. The van der Waals surface area contributed by atoms with Gasteiger partial charge in [-0.3, -0.25) is 9.78 Å². The molecule has 0 spiro atoms. The summed E-state index contributed by atoms with van der Waals surface area (Å²) < 4.78 is 0. The molecule has 4 nitrogen and oxygen atoms in total. The van der Waals surface area contributed by atoms with Crippen molar-refractivity contribution in [2.75, 3.05) is 5.32 Å². The van der Waals surface area contributed by atoms with Crippen LogP contribution in [0.3, 0.4) is 0 Å². The minimum atomic E-state index is -1.18. The first-order valence-electron chi connectivity index (χ1n) is 7.28. The first-order chi connectivity index (χ1) is 11.2. The number of aliphatic hydroxyl groups excluding tert-OH is 1. The smallest absolute Gasteiger partial charge is 0.257 e. The minimum absolute atomic E-state index is 0.451. The van der Waals surface area contributed by atoms with Gasteiger partial charge in [0.05, 0.1) is 0 Å². The molecule has 2 aromatic carbocycles. The number of hydrogen-bond acceptors (Lipinski definition) is 3. The Hall–Kier alpha value is -2.98. The predicted molar refractivity (Wildman–Crippen MR) is 89.7 cm³/mol. The summed E-state index contributed by atoms with van der Waals surface area (Å²) in [5.41, 5.74) is 3.30. The molecule has 4 heteroatoms. The van der Waals surface area contributed by atoms with E-state index < -0.39 is 12.0 Å². The second-order valence-corrected chi connectivity index (χ2v) is 5.12. The largest absolute Gasteiger partial charge is 0.378 e. The Morgan fingerprint density at radius 1 is 0.870 bits per heavy atom. The number of rotatable bonds is 4. The van der Waals surface area contributed by atoms with Crippen molar-refractivity contribution in [1.29, 1.82) is 0 Å². The van der Waals surface area contributed by atoms with Crippen LogP contribution in [-0.4, -0.2) is 16.0 Å². The molecule has 1 unspecified atom stereocenters. The SMILES string of the molecule is O=C(Nc1ccc(-c2ccncc2)cc1)C(O)c1ccccc1. The fourth-order valence-electron chi connectivity index (χ4n) is 2.29. The van der Waals surface area contributed by atoms with Crippen LogP contribution in [0.2, 0.25) is 0 Å². The highest BCUT2D eigenvalue weighted by atomic mass is 16.3. The van der Waals surface area contributed by atoms with E-state index in [0.717, 1.165) is 11.1 Å². The molecule has 0 fully saturated rings. The molecular weight excluding hydrogens is 288 g/mol. The van der Waals surface area contributed by atoms with E-state index in [1.54, 1.807) is 36.7 Å². The summed E-state index contributed by atoms with van der Waals surface area (Å²) in [7, 11) is 0. The number of hydrogen-bond donors (Lipinski definition) is 2. The number of anilines is 1. The van der Waals surface area contributed by atoms with E-state index in [9.17, 15) is 9.90 Å². The Bertz CT molecular complexity index is 771. The molecule has 1 aromatic heterocycles. The number of carbonyl (C=O) groups excluding carboxylic acids is 1. The van der Waals surface area contributed by atoms with Crippen LogP contribution in [0.1, 0.15) is 11.7 Å². The Morgan fingerprint density at radius 2 is 1.48 bits per heavy atom.